The molecule has 31 heavy (non-hydrogen) atoms. The van der Waals surface area contributed by atoms with E-state index in [1.165, 1.54) is 4.90 Å². The van der Waals surface area contributed by atoms with E-state index in [-0.39, 0.29) is 24.1 Å². The molecule has 1 N–H and O–H groups in total. The fourth-order valence-electron chi connectivity index (χ4n) is 3.50. The van der Waals surface area contributed by atoms with Crippen LogP contribution in [0.5, 0.6) is 0 Å². The Morgan fingerprint density at radius 1 is 0.806 bits per heavy atom. The van der Waals surface area contributed by atoms with Crippen molar-refractivity contribution in [2.75, 3.05) is 5.32 Å². The van der Waals surface area contributed by atoms with Crippen molar-refractivity contribution in [1.82, 2.24) is 4.90 Å². The van der Waals surface area contributed by atoms with Crippen LogP contribution in [0.3, 0.4) is 0 Å². The number of aryl methyl sites for hydroxylation is 2. The van der Waals surface area contributed by atoms with Crippen LogP contribution in [0.4, 0.5) is 5.69 Å². The molecule has 0 bridgehead atoms. The first-order chi connectivity index (χ1) is 14.8. The maximum absolute atomic E-state index is 13.4. The highest BCUT2D eigenvalue weighted by Crippen LogP contribution is 2.33. The Kier molecular flexibility index (Phi) is 5.86. The number of hydrogen-bond acceptors (Lipinski definition) is 3. The standard InChI is InChI=1S/C25H20Cl2N2O2/c1-15-3-7-18(8-4-15)22-23(28-21-12-11-20(27)13-16(21)2)25(31)29(24(22)30)14-17-5-9-19(26)10-6-17/h3-13,28H,14H2,1-2H3. The van der Waals surface area contributed by atoms with E-state index in [2.05, 4.69) is 5.32 Å². The SMILES string of the molecule is Cc1ccc(C2=C(Nc3ccc(Cl)cc3C)C(=O)N(Cc3ccc(Cl)cc3)C2=O)cc1. The van der Waals surface area contributed by atoms with Gasteiger partial charge in [-0.3, -0.25) is 14.5 Å². The highest BCUT2D eigenvalue weighted by Gasteiger charge is 2.39. The summed E-state index contributed by atoms with van der Waals surface area (Å²) in [5.74, 6) is -0.706. The summed E-state index contributed by atoms with van der Waals surface area (Å²) in [5, 5.41) is 4.40. The normalized spacial score (nSPS) is 13.9. The van der Waals surface area contributed by atoms with Gasteiger partial charge in [0.15, 0.2) is 0 Å². The fourth-order valence-corrected chi connectivity index (χ4v) is 3.85. The van der Waals surface area contributed by atoms with Gasteiger partial charge in [0.1, 0.15) is 5.70 Å². The summed E-state index contributed by atoms with van der Waals surface area (Å²) in [6, 6.07) is 20.0. The van der Waals surface area contributed by atoms with Gasteiger partial charge >= 0.3 is 0 Å². The Bertz CT molecular complexity index is 1200. The van der Waals surface area contributed by atoms with Gasteiger partial charge in [0.25, 0.3) is 11.8 Å². The van der Waals surface area contributed by atoms with Crippen LogP contribution < -0.4 is 5.32 Å². The average molecular weight is 451 g/mol. The second kappa shape index (κ2) is 8.58. The molecular formula is C25H20Cl2N2O2. The summed E-state index contributed by atoms with van der Waals surface area (Å²) in [4.78, 5) is 28.0. The Morgan fingerprint density at radius 3 is 2.10 bits per heavy atom. The first kappa shape index (κ1) is 21.2. The zero-order chi connectivity index (χ0) is 22.1. The molecule has 3 aromatic rings. The molecule has 4 rings (SSSR count). The van der Waals surface area contributed by atoms with E-state index in [0.717, 1.165) is 22.4 Å². The summed E-state index contributed by atoms with van der Waals surface area (Å²) in [5.41, 5.74) is 4.79. The molecule has 4 nitrogen and oxygen atoms in total. The smallest absolute Gasteiger partial charge is 0.278 e. The number of amides is 2. The maximum atomic E-state index is 13.4. The van der Waals surface area contributed by atoms with Crippen molar-refractivity contribution in [1.29, 1.82) is 0 Å². The molecule has 3 aromatic carbocycles. The molecule has 0 saturated heterocycles. The van der Waals surface area contributed by atoms with Gasteiger partial charge in [0.2, 0.25) is 0 Å². The first-order valence-corrected chi connectivity index (χ1v) is 10.5. The van der Waals surface area contributed by atoms with E-state index in [1.807, 2.05) is 56.3 Å². The summed E-state index contributed by atoms with van der Waals surface area (Å²) < 4.78 is 0. The summed E-state index contributed by atoms with van der Waals surface area (Å²) >= 11 is 12.0. The Morgan fingerprint density at radius 2 is 1.45 bits per heavy atom. The quantitative estimate of drug-likeness (QED) is 0.484. The van der Waals surface area contributed by atoms with Crippen LogP contribution in [0, 0.1) is 13.8 Å². The molecule has 1 aliphatic rings. The van der Waals surface area contributed by atoms with Crippen LogP contribution in [0.25, 0.3) is 5.57 Å². The van der Waals surface area contributed by atoms with Crippen molar-refractivity contribution in [3.8, 4) is 0 Å². The maximum Gasteiger partial charge on any atom is 0.278 e. The Balaban J connectivity index is 1.75. The number of nitrogens with one attached hydrogen (secondary N) is 1. The molecule has 0 radical (unpaired) electrons. The molecule has 6 heteroatoms. The minimum Gasteiger partial charge on any atom is -0.350 e. The molecular weight excluding hydrogens is 431 g/mol. The highest BCUT2D eigenvalue weighted by molar-refractivity contribution is 6.36. The van der Waals surface area contributed by atoms with Crippen molar-refractivity contribution in [3.63, 3.8) is 0 Å². The number of carbonyl (C=O) groups excluding carboxylic acids is 2. The summed E-state index contributed by atoms with van der Waals surface area (Å²) in [6.45, 7) is 4.03. The van der Waals surface area contributed by atoms with Crippen LogP contribution in [0.2, 0.25) is 10.0 Å². The molecule has 0 fully saturated rings. The van der Waals surface area contributed by atoms with Crippen LogP contribution in [-0.2, 0) is 16.1 Å². The second-order valence-electron chi connectivity index (χ2n) is 7.52. The highest BCUT2D eigenvalue weighted by atomic mass is 35.5. The molecule has 0 aromatic heterocycles. The van der Waals surface area contributed by atoms with Gasteiger partial charge in [0.05, 0.1) is 12.1 Å². The third kappa shape index (κ3) is 4.36. The van der Waals surface area contributed by atoms with Gasteiger partial charge in [-0.25, -0.2) is 0 Å². The molecule has 0 spiro atoms. The first-order valence-electron chi connectivity index (χ1n) is 9.78. The molecule has 0 atom stereocenters. The molecule has 156 valence electrons. The van der Waals surface area contributed by atoms with E-state index in [0.29, 0.717) is 21.2 Å². The van der Waals surface area contributed by atoms with Crippen LogP contribution >= 0.6 is 23.2 Å². The lowest BCUT2D eigenvalue weighted by Crippen LogP contribution is -2.32. The molecule has 2 amide bonds. The summed E-state index contributed by atoms with van der Waals surface area (Å²) in [7, 11) is 0. The molecule has 1 heterocycles. The van der Waals surface area contributed by atoms with E-state index >= 15 is 0 Å². The van der Waals surface area contributed by atoms with Crippen molar-refractivity contribution in [2.24, 2.45) is 0 Å². The van der Waals surface area contributed by atoms with Gasteiger partial charge in [-0.15, -0.1) is 0 Å². The van der Waals surface area contributed by atoms with E-state index < -0.39 is 0 Å². The minimum atomic E-state index is -0.370. The number of imide groups is 1. The van der Waals surface area contributed by atoms with Gasteiger partial charge in [-0.1, -0.05) is 65.2 Å². The predicted molar refractivity (Wildman–Crippen MR) is 125 cm³/mol. The molecule has 0 unspecified atom stereocenters. The van der Waals surface area contributed by atoms with Gasteiger partial charge < -0.3 is 5.32 Å². The molecule has 0 aliphatic carbocycles. The lowest BCUT2D eigenvalue weighted by Gasteiger charge is -2.16. The number of nitrogens with zero attached hydrogens (tertiary/aromatic N) is 1. The van der Waals surface area contributed by atoms with Crippen molar-refractivity contribution >= 4 is 46.3 Å². The van der Waals surface area contributed by atoms with E-state index in [4.69, 9.17) is 23.2 Å². The molecule has 1 aliphatic heterocycles. The number of anilines is 1. The van der Waals surface area contributed by atoms with Crippen LogP contribution in [-0.4, -0.2) is 16.7 Å². The lowest BCUT2D eigenvalue weighted by molar-refractivity contribution is -0.137. The van der Waals surface area contributed by atoms with Crippen molar-refractivity contribution < 1.29 is 9.59 Å². The molecule has 0 saturated carbocycles. The third-order valence-electron chi connectivity index (χ3n) is 5.21. The van der Waals surface area contributed by atoms with Gasteiger partial charge in [-0.2, -0.15) is 0 Å². The average Bonchev–Trinajstić information content (AvgIpc) is 2.96. The van der Waals surface area contributed by atoms with Gasteiger partial charge in [0, 0.05) is 15.7 Å². The van der Waals surface area contributed by atoms with E-state index in [1.54, 1.807) is 24.3 Å². The van der Waals surface area contributed by atoms with Gasteiger partial charge in [-0.05, 0) is 60.9 Å². The number of hydrogen-bond donors (Lipinski definition) is 1. The van der Waals surface area contributed by atoms with E-state index in [9.17, 15) is 9.59 Å². The zero-order valence-electron chi connectivity index (χ0n) is 17.1. The predicted octanol–water partition coefficient (Wildman–Crippen LogP) is 6.00. The van der Waals surface area contributed by atoms with Crippen molar-refractivity contribution in [2.45, 2.75) is 20.4 Å². The number of rotatable bonds is 5. The monoisotopic (exact) mass is 450 g/mol. The largest absolute Gasteiger partial charge is 0.350 e. The topological polar surface area (TPSA) is 49.4 Å². The third-order valence-corrected chi connectivity index (χ3v) is 5.70. The Hall–Kier alpha value is -3.08. The lowest BCUT2D eigenvalue weighted by atomic mass is 10.0. The number of benzene rings is 3. The fraction of sp³-hybridized carbons (Fsp3) is 0.120. The Labute approximate surface area is 191 Å². The minimum absolute atomic E-state index is 0.162. The van der Waals surface area contributed by atoms with Crippen LogP contribution in [0.15, 0.2) is 72.4 Å². The zero-order valence-corrected chi connectivity index (χ0v) is 18.6. The van der Waals surface area contributed by atoms with Crippen LogP contribution in [0.1, 0.15) is 22.3 Å². The number of carbonyl (C=O) groups is 2. The second-order valence-corrected chi connectivity index (χ2v) is 8.40. The number of halogens is 2. The summed E-state index contributed by atoms with van der Waals surface area (Å²) in [6.07, 6.45) is 0. The van der Waals surface area contributed by atoms with Crippen molar-refractivity contribution in [3.05, 3.63) is 105 Å².